The summed E-state index contributed by atoms with van der Waals surface area (Å²) >= 11 is 0. The fraction of sp³-hybridized carbons (Fsp3) is 0.533. The highest BCUT2D eigenvalue weighted by molar-refractivity contribution is 5.80. The van der Waals surface area contributed by atoms with Gasteiger partial charge in [-0.15, -0.1) is 0 Å². The average Bonchev–Trinajstić information content (AvgIpc) is 2.43. The first kappa shape index (κ1) is 13.9. The van der Waals surface area contributed by atoms with Gasteiger partial charge in [0, 0.05) is 0 Å². The van der Waals surface area contributed by atoms with Gasteiger partial charge in [0.1, 0.15) is 12.4 Å². The van der Waals surface area contributed by atoms with Crippen LogP contribution in [0.15, 0.2) is 24.3 Å². The number of amides is 1. The molecule has 2 unspecified atom stereocenters. The summed E-state index contributed by atoms with van der Waals surface area (Å²) in [5.74, 6) is 0.866. The van der Waals surface area contributed by atoms with Crippen molar-refractivity contribution in [1.82, 2.24) is 5.32 Å². The highest BCUT2D eigenvalue weighted by Crippen LogP contribution is 2.26. The third kappa shape index (κ3) is 3.26. The predicted molar refractivity (Wildman–Crippen MR) is 73.0 cm³/mol. The summed E-state index contributed by atoms with van der Waals surface area (Å²) in [7, 11) is 0. The number of para-hydroxylation sites is 1. The van der Waals surface area contributed by atoms with E-state index < -0.39 is 0 Å². The molecule has 4 nitrogen and oxygen atoms in total. The Morgan fingerprint density at radius 2 is 2.21 bits per heavy atom. The van der Waals surface area contributed by atoms with Crippen molar-refractivity contribution >= 4 is 5.91 Å². The molecule has 1 aromatic rings. The Balaban J connectivity index is 1.99. The zero-order chi connectivity index (χ0) is 13.8. The van der Waals surface area contributed by atoms with Crippen molar-refractivity contribution in [2.75, 3.05) is 13.2 Å². The van der Waals surface area contributed by atoms with Crippen LogP contribution in [0.25, 0.3) is 0 Å². The van der Waals surface area contributed by atoms with Gasteiger partial charge in [-0.3, -0.25) is 4.79 Å². The lowest BCUT2D eigenvalue weighted by Crippen LogP contribution is -2.46. The van der Waals surface area contributed by atoms with Crippen LogP contribution < -0.4 is 10.1 Å². The number of rotatable bonds is 4. The number of carbonyl (C=O) groups is 1. The Labute approximate surface area is 113 Å². The Bertz CT molecular complexity index is 445. The zero-order valence-electron chi connectivity index (χ0n) is 11.4. The van der Waals surface area contributed by atoms with Crippen LogP contribution in [-0.4, -0.2) is 30.3 Å². The van der Waals surface area contributed by atoms with Gasteiger partial charge in [0.05, 0.1) is 18.6 Å². The van der Waals surface area contributed by atoms with Crippen molar-refractivity contribution < 1.29 is 14.6 Å². The maximum atomic E-state index is 12.2. The fourth-order valence-corrected chi connectivity index (χ4v) is 2.22. The van der Waals surface area contributed by atoms with Crippen molar-refractivity contribution in [3.63, 3.8) is 0 Å². The lowest BCUT2D eigenvalue weighted by Gasteiger charge is -2.27. The van der Waals surface area contributed by atoms with E-state index in [0.29, 0.717) is 13.0 Å². The minimum Gasteiger partial charge on any atom is -0.492 e. The van der Waals surface area contributed by atoms with Gasteiger partial charge < -0.3 is 15.2 Å². The monoisotopic (exact) mass is 263 g/mol. The molecule has 1 aliphatic rings. The molecule has 2 N–H and O–H groups in total. The molecule has 0 aromatic heterocycles. The molecule has 2 atom stereocenters. The number of aliphatic hydroxyl groups is 1. The SMILES string of the molecule is CC(C)C(CO)NC(=O)C1COc2ccccc2C1. The molecule has 19 heavy (non-hydrogen) atoms. The van der Waals surface area contributed by atoms with Crippen molar-refractivity contribution in [3.8, 4) is 5.75 Å². The van der Waals surface area contributed by atoms with Gasteiger partial charge in [0.2, 0.25) is 5.91 Å². The maximum Gasteiger partial charge on any atom is 0.227 e. The molecule has 0 saturated carbocycles. The van der Waals surface area contributed by atoms with Crippen molar-refractivity contribution in [2.45, 2.75) is 26.3 Å². The van der Waals surface area contributed by atoms with E-state index in [1.54, 1.807) is 0 Å². The van der Waals surface area contributed by atoms with Crippen LogP contribution in [0, 0.1) is 11.8 Å². The number of hydrogen-bond acceptors (Lipinski definition) is 3. The second-order valence-electron chi connectivity index (χ2n) is 5.36. The highest BCUT2D eigenvalue weighted by atomic mass is 16.5. The summed E-state index contributed by atoms with van der Waals surface area (Å²) in [4.78, 5) is 12.2. The molecular weight excluding hydrogens is 242 g/mol. The standard InChI is InChI=1S/C15H21NO3/c1-10(2)13(8-17)16-15(18)12-7-11-5-3-4-6-14(11)19-9-12/h3-6,10,12-13,17H,7-9H2,1-2H3,(H,16,18). The predicted octanol–water partition coefficient (Wildman–Crippen LogP) is 1.37. The molecule has 0 spiro atoms. The molecule has 1 heterocycles. The van der Waals surface area contributed by atoms with Gasteiger partial charge in [0.25, 0.3) is 0 Å². The second-order valence-corrected chi connectivity index (χ2v) is 5.36. The van der Waals surface area contributed by atoms with Crippen LogP contribution >= 0.6 is 0 Å². The maximum absolute atomic E-state index is 12.2. The summed E-state index contributed by atoms with van der Waals surface area (Å²) in [6.45, 7) is 4.33. The molecule has 104 valence electrons. The number of benzene rings is 1. The molecule has 2 rings (SSSR count). The van der Waals surface area contributed by atoms with Crippen LogP contribution in [0.4, 0.5) is 0 Å². The minimum absolute atomic E-state index is 0.0342. The van der Waals surface area contributed by atoms with E-state index in [-0.39, 0.29) is 30.4 Å². The summed E-state index contributed by atoms with van der Waals surface area (Å²) in [5.41, 5.74) is 1.07. The number of ether oxygens (including phenoxy) is 1. The first-order valence-electron chi connectivity index (χ1n) is 6.73. The van der Waals surface area contributed by atoms with E-state index in [0.717, 1.165) is 11.3 Å². The summed E-state index contributed by atoms with van der Waals surface area (Å²) in [5, 5.41) is 12.2. The third-order valence-electron chi connectivity index (χ3n) is 3.58. The average molecular weight is 263 g/mol. The van der Waals surface area contributed by atoms with Gasteiger partial charge in [0.15, 0.2) is 0 Å². The summed E-state index contributed by atoms with van der Waals surface area (Å²) in [6, 6.07) is 7.60. The largest absolute Gasteiger partial charge is 0.492 e. The molecule has 0 saturated heterocycles. The molecule has 0 fully saturated rings. The van der Waals surface area contributed by atoms with Crippen LogP contribution in [0.5, 0.6) is 5.75 Å². The van der Waals surface area contributed by atoms with Gasteiger partial charge in [-0.2, -0.15) is 0 Å². The Morgan fingerprint density at radius 3 is 2.89 bits per heavy atom. The molecule has 1 aromatic carbocycles. The number of fused-ring (bicyclic) bond motifs is 1. The lowest BCUT2D eigenvalue weighted by molar-refractivity contribution is -0.127. The number of nitrogens with one attached hydrogen (secondary N) is 1. The van der Waals surface area contributed by atoms with Crippen LogP contribution in [0.1, 0.15) is 19.4 Å². The number of carbonyl (C=O) groups excluding carboxylic acids is 1. The molecule has 1 aliphatic heterocycles. The Hall–Kier alpha value is -1.55. The third-order valence-corrected chi connectivity index (χ3v) is 3.58. The molecule has 0 aliphatic carbocycles. The van der Waals surface area contributed by atoms with Gasteiger partial charge in [-0.1, -0.05) is 32.0 Å². The summed E-state index contributed by atoms with van der Waals surface area (Å²) < 4.78 is 5.61. The van der Waals surface area contributed by atoms with Crippen molar-refractivity contribution in [2.24, 2.45) is 11.8 Å². The summed E-state index contributed by atoms with van der Waals surface area (Å²) in [6.07, 6.45) is 0.693. The Kier molecular flexibility index (Phi) is 4.43. The van der Waals surface area contributed by atoms with E-state index in [4.69, 9.17) is 4.74 Å². The van der Waals surface area contributed by atoms with Crippen LogP contribution in [-0.2, 0) is 11.2 Å². The lowest BCUT2D eigenvalue weighted by atomic mass is 9.95. The van der Waals surface area contributed by atoms with Gasteiger partial charge >= 0.3 is 0 Å². The fourth-order valence-electron chi connectivity index (χ4n) is 2.22. The minimum atomic E-state index is -0.190. The Morgan fingerprint density at radius 1 is 1.47 bits per heavy atom. The highest BCUT2D eigenvalue weighted by Gasteiger charge is 2.27. The molecule has 0 radical (unpaired) electrons. The van der Waals surface area contributed by atoms with Gasteiger partial charge in [-0.25, -0.2) is 0 Å². The normalized spacial score (nSPS) is 19.5. The van der Waals surface area contributed by atoms with Crippen molar-refractivity contribution in [1.29, 1.82) is 0 Å². The van der Waals surface area contributed by atoms with E-state index in [9.17, 15) is 9.90 Å². The van der Waals surface area contributed by atoms with E-state index in [1.807, 2.05) is 38.1 Å². The van der Waals surface area contributed by atoms with Crippen LogP contribution in [0.3, 0.4) is 0 Å². The van der Waals surface area contributed by atoms with E-state index in [2.05, 4.69) is 5.32 Å². The zero-order valence-corrected chi connectivity index (χ0v) is 11.4. The molecule has 0 bridgehead atoms. The first-order chi connectivity index (χ1) is 9.11. The van der Waals surface area contributed by atoms with Gasteiger partial charge in [-0.05, 0) is 24.0 Å². The number of aliphatic hydroxyl groups excluding tert-OH is 1. The molecule has 1 amide bonds. The number of hydrogen-bond donors (Lipinski definition) is 2. The molecule has 4 heteroatoms. The topological polar surface area (TPSA) is 58.6 Å². The van der Waals surface area contributed by atoms with E-state index >= 15 is 0 Å². The first-order valence-corrected chi connectivity index (χ1v) is 6.73. The smallest absolute Gasteiger partial charge is 0.227 e. The molecular formula is C15H21NO3. The van der Waals surface area contributed by atoms with Crippen molar-refractivity contribution in [3.05, 3.63) is 29.8 Å². The van der Waals surface area contributed by atoms with E-state index in [1.165, 1.54) is 0 Å². The quantitative estimate of drug-likeness (QED) is 0.862. The van der Waals surface area contributed by atoms with Crippen LogP contribution in [0.2, 0.25) is 0 Å². The second kappa shape index (κ2) is 6.06.